The quantitative estimate of drug-likeness (QED) is 0.384. The summed E-state index contributed by atoms with van der Waals surface area (Å²) in [5, 5.41) is 7.04. The highest BCUT2D eigenvalue weighted by atomic mass is 16.5. The van der Waals surface area contributed by atoms with Crippen LogP contribution < -0.4 is 10.1 Å². The van der Waals surface area contributed by atoms with Crippen molar-refractivity contribution in [1.29, 1.82) is 0 Å². The molecular weight excluding hydrogens is 458 g/mol. The Morgan fingerprint density at radius 2 is 1.58 bits per heavy atom. The summed E-state index contributed by atoms with van der Waals surface area (Å²) >= 11 is 0. The number of carbonyl (C=O) groups is 3. The fourth-order valence-electron chi connectivity index (χ4n) is 4.07. The Kier molecular flexibility index (Phi) is 6.27. The van der Waals surface area contributed by atoms with Crippen LogP contribution in [0.2, 0.25) is 0 Å². The summed E-state index contributed by atoms with van der Waals surface area (Å²) in [6.07, 6.45) is 1.55. The van der Waals surface area contributed by atoms with Crippen LogP contribution in [0.1, 0.15) is 49.1 Å². The molecule has 0 aliphatic carbocycles. The summed E-state index contributed by atoms with van der Waals surface area (Å²) < 4.78 is 7.28. The summed E-state index contributed by atoms with van der Waals surface area (Å²) in [7, 11) is 0. The molecule has 0 fully saturated rings. The van der Waals surface area contributed by atoms with E-state index in [0.717, 1.165) is 5.56 Å². The molecule has 180 valence electrons. The number of aromatic nitrogens is 3. The van der Waals surface area contributed by atoms with E-state index in [-0.39, 0.29) is 29.9 Å². The van der Waals surface area contributed by atoms with Gasteiger partial charge in [-0.15, -0.1) is 5.10 Å². The number of nitrogens with zero attached hydrogens (tertiary/aromatic N) is 4. The van der Waals surface area contributed by atoms with Crippen molar-refractivity contribution in [2.45, 2.75) is 20.0 Å². The van der Waals surface area contributed by atoms with Gasteiger partial charge in [-0.1, -0.05) is 48.5 Å². The van der Waals surface area contributed by atoms with Gasteiger partial charge < -0.3 is 4.74 Å². The fraction of sp³-hybridized carbons (Fsp3) is 0.148. The predicted molar refractivity (Wildman–Crippen MR) is 132 cm³/mol. The van der Waals surface area contributed by atoms with Gasteiger partial charge >= 0.3 is 0 Å². The van der Waals surface area contributed by atoms with E-state index < -0.39 is 5.91 Å². The van der Waals surface area contributed by atoms with Gasteiger partial charge in [0.2, 0.25) is 5.95 Å². The Morgan fingerprint density at radius 1 is 0.889 bits per heavy atom. The maximum Gasteiger partial charge on any atom is 0.261 e. The molecule has 0 spiro atoms. The maximum atomic E-state index is 13.1. The zero-order chi connectivity index (χ0) is 25.1. The molecule has 9 nitrogen and oxygen atoms in total. The third-order valence-corrected chi connectivity index (χ3v) is 5.76. The first-order chi connectivity index (χ1) is 17.5. The van der Waals surface area contributed by atoms with Crippen molar-refractivity contribution in [2.24, 2.45) is 0 Å². The molecule has 1 N–H and O–H groups in total. The van der Waals surface area contributed by atoms with Gasteiger partial charge in [0, 0.05) is 0 Å². The second kappa shape index (κ2) is 9.83. The predicted octanol–water partition coefficient (Wildman–Crippen LogP) is 3.77. The van der Waals surface area contributed by atoms with Crippen molar-refractivity contribution < 1.29 is 19.1 Å². The molecule has 1 aliphatic rings. The van der Waals surface area contributed by atoms with Gasteiger partial charge in [0.1, 0.15) is 12.1 Å². The van der Waals surface area contributed by atoms with E-state index >= 15 is 0 Å². The number of ether oxygens (including phenoxy) is 1. The maximum absolute atomic E-state index is 13.1. The second-order valence-electron chi connectivity index (χ2n) is 8.21. The minimum atomic E-state index is -0.458. The lowest BCUT2D eigenvalue weighted by atomic mass is 10.1. The number of anilines is 1. The Balaban J connectivity index is 1.34. The van der Waals surface area contributed by atoms with E-state index in [0.29, 0.717) is 35.6 Å². The number of amides is 3. The summed E-state index contributed by atoms with van der Waals surface area (Å²) in [5.41, 5.74) is 2.68. The van der Waals surface area contributed by atoms with Crippen molar-refractivity contribution in [3.63, 3.8) is 0 Å². The van der Waals surface area contributed by atoms with E-state index in [2.05, 4.69) is 15.4 Å². The van der Waals surface area contributed by atoms with Crippen LogP contribution >= 0.6 is 0 Å². The molecule has 1 aliphatic heterocycles. The van der Waals surface area contributed by atoms with E-state index in [1.54, 1.807) is 53.5 Å². The van der Waals surface area contributed by atoms with Crippen LogP contribution in [-0.4, -0.2) is 44.0 Å². The molecule has 36 heavy (non-hydrogen) atoms. The van der Waals surface area contributed by atoms with Crippen LogP contribution in [0.4, 0.5) is 5.95 Å². The van der Waals surface area contributed by atoms with Crippen molar-refractivity contribution in [3.05, 3.63) is 107 Å². The largest absolute Gasteiger partial charge is 0.493 e. The molecule has 9 heteroatoms. The number of fused-ring (bicyclic) bond motifs is 1. The zero-order valence-corrected chi connectivity index (χ0v) is 19.5. The number of hydrogen-bond acceptors (Lipinski definition) is 6. The molecule has 0 radical (unpaired) electrons. The van der Waals surface area contributed by atoms with Crippen LogP contribution in [0.25, 0.3) is 0 Å². The number of hydrogen-bond donors (Lipinski definition) is 1. The van der Waals surface area contributed by atoms with Crippen LogP contribution in [0.3, 0.4) is 0 Å². The normalized spacial score (nSPS) is 12.5. The molecule has 0 saturated carbocycles. The smallest absolute Gasteiger partial charge is 0.261 e. The fourth-order valence-corrected chi connectivity index (χ4v) is 4.07. The third-order valence-electron chi connectivity index (χ3n) is 5.76. The molecule has 1 aromatic heterocycles. The Bertz CT molecular complexity index is 1410. The number of imide groups is 1. The standard InChI is InChI=1S/C27H23N5O4/c1-2-36-23-13-12-19(16-32-25(34)20-10-6-7-11-21(20)26(32)35)14-22(23)24(33)29-27-28-17-31(30-27)15-18-8-4-3-5-9-18/h3-14,17H,2,15-16H2,1H3,(H,29,30,33). The molecule has 3 aromatic carbocycles. The van der Waals surface area contributed by atoms with Crippen molar-refractivity contribution in [3.8, 4) is 5.75 Å². The molecular formula is C27H23N5O4. The Hall–Kier alpha value is -4.79. The lowest BCUT2D eigenvalue weighted by Gasteiger charge is -2.16. The van der Waals surface area contributed by atoms with E-state index in [9.17, 15) is 14.4 Å². The average molecular weight is 482 g/mol. The van der Waals surface area contributed by atoms with Gasteiger partial charge in [-0.25, -0.2) is 9.67 Å². The van der Waals surface area contributed by atoms with Gasteiger partial charge in [0.05, 0.1) is 36.4 Å². The van der Waals surface area contributed by atoms with E-state index in [1.807, 2.05) is 37.3 Å². The summed E-state index contributed by atoms with van der Waals surface area (Å²) in [6, 6.07) is 21.5. The first kappa shape index (κ1) is 23.0. The molecule has 2 heterocycles. The summed E-state index contributed by atoms with van der Waals surface area (Å²) in [6.45, 7) is 2.73. The van der Waals surface area contributed by atoms with Crippen LogP contribution in [0.15, 0.2) is 79.1 Å². The van der Waals surface area contributed by atoms with Gasteiger partial charge in [-0.05, 0) is 42.3 Å². The lowest BCUT2D eigenvalue weighted by molar-refractivity contribution is 0.0642. The lowest BCUT2D eigenvalue weighted by Crippen LogP contribution is -2.29. The van der Waals surface area contributed by atoms with Crippen LogP contribution in [-0.2, 0) is 13.1 Å². The minimum absolute atomic E-state index is 0.0307. The SMILES string of the molecule is CCOc1ccc(CN2C(=O)c3ccccc3C2=O)cc1C(=O)Nc1ncn(Cc2ccccc2)n1. The Morgan fingerprint density at radius 3 is 2.28 bits per heavy atom. The molecule has 0 saturated heterocycles. The first-order valence-corrected chi connectivity index (χ1v) is 11.5. The number of rotatable bonds is 8. The number of benzene rings is 3. The Labute approximate surface area is 207 Å². The van der Waals surface area contributed by atoms with E-state index in [1.165, 1.54) is 4.90 Å². The van der Waals surface area contributed by atoms with Crippen molar-refractivity contribution in [2.75, 3.05) is 11.9 Å². The topological polar surface area (TPSA) is 106 Å². The highest BCUT2D eigenvalue weighted by molar-refractivity contribution is 6.21. The van der Waals surface area contributed by atoms with Crippen molar-refractivity contribution in [1.82, 2.24) is 19.7 Å². The summed E-state index contributed by atoms with van der Waals surface area (Å²) in [5.74, 6) is -0.638. The van der Waals surface area contributed by atoms with Crippen LogP contribution in [0.5, 0.6) is 5.75 Å². The second-order valence-corrected chi connectivity index (χ2v) is 8.21. The molecule has 4 aromatic rings. The molecule has 0 atom stereocenters. The third kappa shape index (κ3) is 4.58. The first-order valence-electron chi connectivity index (χ1n) is 11.5. The minimum Gasteiger partial charge on any atom is -0.493 e. The molecule has 0 unspecified atom stereocenters. The molecule has 5 rings (SSSR count). The van der Waals surface area contributed by atoms with Crippen LogP contribution in [0, 0.1) is 0 Å². The van der Waals surface area contributed by atoms with Crippen molar-refractivity contribution >= 4 is 23.7 Å². The van der Waals surface area contributed by atoms with Gasteiger partial charge in [-0.3, -0.25) is 24.6 Å². The molecule has 3 amide bonds. The molecule has 0 bridgehead atoms. The number of nitrogens with one attached hydrogen (secondary N) is 1. The highest BCUT2D eigenvalue weighted by Gasteiger charge is 2.35. The summed E-state index contributed by atoms with van der Waals surface area (Å²) in [4.78, 5) is 44.0. The zero-order valence-electron chi connectivity index (χ0n) is 19.5. The van der Waals surface area contributed by atoms with Gasteiger partial charge in [0.15, 0.2) is 0 Å². The average Bonchev–Trinajstić information content (AvgIpc) is 3.43. The highest BCUT2D eigenvalue weighted by Crippen LogP contribution is 2.27. The van der Waals surface area contributed by atoms with E-state index in [4.69, 9.17) is 4.74 Å². The van der Waals surface area contributed by atoms with Gasteiger partial charge in [-0.2, -0.15) is 0 Å². The number of carbonyl (C=O) groups excluding carboxylic acids is 3. The monoisotopic (exact) mass is 481 g/mol. The van der Waals surface area contributed by atoms with Gasteiger partial charge in [0.25, 0.3) is 17.7 Å².